The van der Waals surface area contributed by atoms with Crippen LogP contribution in [0.15, 0.2) is 48.5 Å². The standard InChI is InChI=1S/C27H40N2/c1-20-13-9-11-15-22(20)24(26(3,4)5)28-17-18-29(19-28)25(27(6,7)8)23-16-12-10-14-21(23)2/h9-16,24-25H,17-19H2,1-8H3/t24-,25?/m1/s1. The second kappa shape index (κ2) is 8.24. The van der Waals surface area contributed by atoms with Crippen LogP contribution >= 0.6 is 0 Å². The van der Waals surface area contributed by atoms with Gasteiger partial charge in [0.1, 0.15) is 0 Å². The molecule has 29 heavy (non-hydrogen) atoms. The summed E-state index contributed by atoms with van der Waals surface area (Å²) in [5.74, 6) is 0. The van der Waals surface area contributed by atoms with E-state index in [1.165, 1.54) is 22.3 Å². The van der Waals surface area contributed by atoms with Crippen LogP contribution in [0.5, 0.6) is 0 Å². The second-order valence-electron chi connectivity index (χ2n) is 11.0. The van der Waals surface area contributed by atoms with Crippen molar-refractivity contribution in [1.82, 2.24) is 9.80 Å². The van der Waals surface area contributed by atoms with Crippen LogP contribution in [-0.4, -0.2) is 29.6 Å². The Hall–Kier alpha value is -1.64. The molecule has 0 spiro atoms. The monoisotopic (exact) mass is 392 g/mol. The highest BCUT2D eigenvalue weighted by Gasteiger charge is 2.41. The molecule has 1 aliphatic rings. The summed E-state index contributed by atoms with van der Waals surface area (Å²) in [6.07, 6.45) is 0. The van der Waals surface area contributed by atoms with Crippen molar-refractivity contribution in [3.8, 4) is 0 Å². The van der Waals surface area contributed by atoms with Crippen molar-refractivity contribution in [2.45, 2.75) is 67.5 Å². The van der Waals surface area contributed by atoms with Crippen LogP contribution in [0.1, 0.15) is 75.9 Å². The highest BCUT2D eigenvalue weighted by atomic mass is 15.4. The van der Waals surface area contributed by atoms with Crippen molar-refractivity contribution in [2.24, 2.45) is 10.8 Å². The topological polar surface area (TPSA) is 6.48 Å². The van der Waals surface area contributed by atoms with E-state index in [-0.39, 0.29) is 10.8 Å². The molecule has 2 aromatic rings. The number of aryl methyl sites for hydroxylation is 2. The van der Waals surface area contributed by atoms with Gasteiger partial charge in [-0.15, -0.1) is 0 Å². The van der Waals surface area contributed by atoms with Crippen molar-refractivity contribution < 1.29 is 0 Å². The molecular formula is C27H40N2. The molecule has 0 amide bonds. The van der Waals surface area contributed by atoms with E-state index >= 15 is 0 Å². The van der Waals surface area contributed by atoms with E-state index in [1.54, 1.807) is 0 Å². The summed E-state index contributed by atoms with van der Waals surface area (Å²) in [6.45, 7) is 22.1. The van der Waals surface area contributed by atoms with Gasteiger partial charge in [0.15, 0.2) is 0 Å². The zero-order valence-electron chi connectivity index (χ0n) is 19.8. The number of hydrogen-bond acceptors (Lipinski definition) is 2. The van der Waals surface area contributed by atoms with Gasteiger partial charge < -0.3 is 0 Å². The van der Waals surface area contributed by atoms with Crippen LogP contribution in [0.2, 0.25) is 0 Å². The van der Waals surface area contributed by atoms with Crippen LogP contribution in [-0.2, 0) is 0 Å². The lowest BCUT2D eigenvalue weighted by Gasteiger charge is -2.42. The third-order valence-electron chi connectivity index (χ3n) is 6.37. The number of benzene rings is 2. The Balaban J connectivity index is 1.94. The van der Waals surface area contributed by atoms with Crippen molar-refractivity contribution in [3.05, 3.63) is 70.8 Å². The minimum absolute atomic E-state index is 0.183. The molecule has 1 aliphatic heterocycles. The smallest absolute Gasteiger partial charge is 0.0519 e. The molecule has 1 fully saturated rings. The first kappa shape index (κ1) is 22.1. The van der Waals surface area contributed by atoms with Crippen molar-refractivity contribution in [3.63, 3.8) is 0 Å². The highest BCUT2D eigenvalue weighted by Crippen LogP contribution is 2.44. The molecule has 1 heterocycles. The summed E-state index contributed by atoms with van der Waals surface area (Å²) in [7, 11) is 0. The molecule has 2 aromatic carbocycles. The Kier molecular flexibility index (Phi) is 6.27. The van der Waals surface area contributed by atoms with Crippen molar-refractivity contribution in [2.75, 3.05) is 19.8 Å². The fourth-order valence-electron chi connectivity index (χ4n) is 5.26. The van der Waals surface area contributed by atoms with E-state index in [2.05, 4.69) is 114 Å². The molecule has 1 saturated heterocycles. The third-order valence-corrected chi connectivity index (χ3v) is 6.37. The average Bonchev–Trinajstić information content (AvgIpc) is 3.05. The summed E-state index contributed by atoms with van der Waals surface area (Å²) in [5.41, 5.74) is 6.12. The maximum Gasteiger partial charge on any atom is 0.0519 e. The predicted octanol–water partition coefficient (Wildman–Crippen LogP) is 6.75. The van der Waals surface area contributed by atoms with Crippen LogP contribution in [0.4, 0.5) is 0 Å². The fraction of sp³-hybridized carbons (Fsp3) is 0.556. The Bertz CT molecular complexity index is 755. The molecule has 0 N–H and O–H groups in total. The van der Waals surface area contributed by atoms with E-state index in [1.807, 2.05) is 0 Å². The molecule has 2 heteroatoms. The molecule has 2 atom stereocenters. The fourth-order valence-corrected chi connectivity index (χ4v) is 5.26. The van der Waals surface area contributed by atoms with Gasteiger partial charge in [-0.2, -0.15) is 0 Å². The Morgan fingerprint density at radius 2 is 0.966 bits per heavy atom. The van der Waals surface area contributed by atoms with Crippen LogP contribution < -0.4 is 0 Å². The van der Waals surface area contributed by atoms with Gasteiger partial charge in [0, 0.05) is 25.2 Å². The second-order valence-corrected chi connectivity index (χ2v) is 11.0. The summed E-state index contributed by atoms with van der Waals surface area (Å²) in [4.78, 5) is 5.42. The number of hydrogen-bond donors (Lipinski definition) is 0. The summed E-state index contributed by atoms with van der Waals surface area (Å²) >= 11 is 0. The quantitative estimate of drug-likeness (QED) is 0.567. The molecule has 1 unspecified atom stereocenters. The summed E-state index contributed by atoms with van der Waals surface area (Å²) in [5, 5.41) is 0. The Morgan fingerprint density at radius 3 is 1.28 bits per heavy atom. The van der Waals surface area contributed by atoms with E-state index in [0.717, 1.165) is 19.8 Å². The maximum atomic E-state index is 2.71. The van der Waals surface area contributed by atoms with Gasteiger partial charge in [0.2, 0.25) is 0 Å². The van der Waals surface area contributed by atoms with Gasteiger partial charge in [-0.3, -0.25) is 9.80 Å². The maximum absolute atomic E-state index is 2.71. The van der Waals surface area contributed by atoms with Gasteiger partial charge in [0.25, 0.3) is 0 Å². The van der Waals surface area contributed by atoms with Crippen LogP contribution in [0.3, 0.4) is 0 Å². The lowest BCUT2D eigenvalue weighted by Crippen LogP contribution is -2.40. The number of nitrogens with zero attached hydrogens (tertiary/aromatic N) is 2. The van der Waals surface area contributed by atoms with Gasteiger partial charge in [-0.05, 0) is 46.9 Å². The lowest BCUT2D eigenvalue weighted by atomic mass is 9.79. The first-order valence-electron chi connectivity index (χ1n) is 11.1. The first-order chi connectivity index (χ1) is 13.5. The average molecular weight is 393 g/mol. The highest BCUT2D eigenvalue weighted by molar-refractivity contribution is 5.32. The SMILES string of the molecule is Cc1ccccc1C(N1CCN([C@H](c2ccccc2C)C(C)(C)C)C1)C(C)(C)C. The van der Waals surface area contributed by atoms with E-state index < -0.39 is 0 Å². The van der Waals surface area contributed by atoms with Gasteiger partial charge in [-0.25, -0.2) is 0 Å². The van der Waals surface area contributed by atoms with E-state index in [4.69, 9.17) is 0 Å². The molecule has 0 aliphatic carbocycles. The van der Waals surface area contributed by atoms with E-state index in [9.17, 15) is 0 Å². The largest absolute Gasteiger partial charge is 0.282 e. The van der Waals surface area contributed by atoms with Gasteiger partial charge in [0.05, 0.1) is 6.67 Å². The molecule has 0 saturated carbocycles. The van der Waals surface area contributed by atoms with Gasteiger partial charge in [-0.1, -0.05) is 90.1 Å². The Morgan fingerprint density at radius 1 is 0.621 bits per heavy atom. The summed E-state index contributed by atoms with van der Waals surface area (Å²) in [6, 6.07) is 18.7. The normalized spacial score (nSPS) is 18.8. The zero-order valence-corrected chi connectivity index (χ0v) is 19.8. The van der Waals surface area contributed by atoms with E-state index in [0.29, 0.717) is 12.1 Å². The van der Waals surface area contributed by atoms with Crippen LogP contribution in [0.25, 0.3) is 0 Å². The molecule has 0 bridgehead atoms. The molecule has 3 rings (SSSR count). The molecule has 0 aromatic heterocycles. The minimum atomic E-state index is 0.183. The Labute approximate surface area is 178 Å². The van der Waals surface area contributed by atoms with Crippen molar-refractivity contribution in [1.29, 1.82) is 0 Å². The zero-order chi connectivity index (χ0) is 21.4. The van der Waals surface area contributed by atoms with Crippen LogP contribution in [0, 0.1) is 24.7 Å². The lowest BCUT2D eigenvalue weighted by molar-refractivity contribution is 0.0632. The summed E-state index contributed by atoms with van der Waals surface area (Å²) < 4.78 is 0. The first-order valence-corrected chi connectivity index (χ1v) is 11.1. The third kappa shape index (κ3) is 4.75. The molecular weight excluding hydrogens is 352 g/mol. The van der Waals surface area contributed by atoms with Crippen molar-refractivity contribution >= 4 is 0 Å². The molecule has 0 radical (unpaired) electrons. The molecule has 158 valence electrons. The number of rotatable bonds is 4. The minimum Gasteiger partial charge on any atom is -0.282 e. The predicted molar refractivity (Wildman–Crippen MR) is 125 cm³/mol. The molecule has 2 nitrogen and oxygen atoms in total. The van der Waals surface area contributed by atoms with Gasteiger partial charge >= 0.3 is 0 Å².